The normalized spacial score (nSPS) is 9.75. The lowest BCUT2D eigenvalue weighted by Gasteiger charge is -1.93. The van der Waals surface area contributed by atoms with Crippen LogP contribution in [0.4, 0.5) is 0 Å². The lowest BCUT2D eigenvalue weighted by Crippen LogP contribution is -1.65. The van der Waals surface area contributed by atoms with E-state index < -0.39 is 0 Å². The molecule has 0 atom stereocenters. The summed E-state index contributed by atoms with van der Waals surface area (Å²) in [5.41, 5.74) is 0. The molecule has 0 radical (unpaired) electrons. The molecular weight excluding hydrogens is 326 g/mol. The Morgan fingerprint density at radius 1 is 0.938 bits per heavy atom. The minimum absolute atomic E-state index is 0.401. The van der Waals surface area contributed by atoms with Crippen molar-refractivity contribution in [3.05, 3.63) is 44.0 Å². The van der Waals surface area contributed by atoms with Crippen LogP contribution in [0.1, 0.15) is 0 Å². The van der Waals surface area contributed by atoms with E-state index >= 15 is 0 Å². The largest absolute Gasteiger partial charge is 0.141 e. The quantitative estimate of drug-likeness (QED) is 0.499. The molecule has 0 unspecified atom stereocenters. The Morgan fingerprint density at radius 3 is 1.94 bits per heavy atom. The van der Waals surface area contributed by atoms with E-state index in [1.165, 1.54) is 22.7 Å². The van der Waals surface area contributed by atoms with Crippen LogP contribution in [-0.4, -0.2) is 0 Å². The second kappa shape index (κ2) is 6.29. The first-order chi connectivity index (χ1) is 7.61. The summed E-state index contributed by atoms with van der Waals surface area (Å²) in [5, 5.41) is 3.45. The van der Waals surface area contributed by atoms with Gasteiger partial charge in [-0.1, -0.05) is 46.4 Å². The number of thiophene rings is 2. The topological polar surface area (TPSA) is 0 Å². The van der Waals surface area contributed by atoms with E-state index in [2.05, 4.69) is 13.2 Å². The van der Waals surface area contributed by atoms with Crippen LogP contribution in [0.2, 0.25) is 19.4 Å². The Bertz CT molecular complexity index is 487. The zero-order valence-corrected chi connectivity index (χ0v) is 12.6. The molecule has 0 N–H and O–H groups in total. The molecule has 0 saturated heterocycles. The molecule has 0 aliphatic rings. The number of rotatable bonds is 1. The zero-order chi connectivity index (χ0) is 12.3. The Hall–Kier alpha value is 0.300. The molecule has 0 spiro atoms. The van der Waals surface area contributed by atoms with Crippen molar-refractivity contribution in [3.8, 4) is 9.75 Å². The van der Waals surface area contributed by atoms with E-state index in [0.29, 0.717) is 19.4 Å². The molecule has 2 aromatic heterocycles. The maximum Gasteiger partial charge on any atom is 0.114 e. The van der Waals surface area contributed by atoms with Gasteiger partial charge in [-0.15, -0.1) is 35.8 Å². The van der Waals surface area contributed by atoms with Gasteiger partial charge >= 0.3 is 0 Å². The molecule has 0 aliphatic carbocycles. The summed E-state index contributed by atoms with van der Waals surface area (Å²) >= 11 is 26.6. The van der Waals surface area contributed by atoms with Crippen molar-refractivity contribution in [2.45, 2.75) is 0 Å². The van der Waals surface area contributed by atoms with E-state index in [-0.39, 0.29) is 0 Å². The van der Waals surface area contributed by atoms with E-state index in [1.54, 1.807) is 0 Å². The van der Waals surface area contributed by atoms with Crippen LogP contribution in [0.3, 0.4) is 0 Å². The summed E-state index contributed by atoms with van der Waals surface area (Å²) in [6.07, 6.45) is 0. The predicted molar refractivity (Wildman–Crippen MR) is 78.9 cm³/mol. The van der Waals surface area contributed by atoms with Crippen molar-refractivity contribution < 1.29 is 0 Å². The Labute approximate surface area is 122 Å². The maximum absolute atomic E-state index is 6.02. The van der Waals surface area contributed by atoms with Crippen LogP contribution in [0, 0.1) is 0 Å². The lowest BCUT2D eigenvalue weighted by molar-refractivity contribution is 1.91. The monoisotopic (exact) mass is 330 g/mol. The van der Waals surface area contributed by atoms with Gasteiger partial charge in [0.25, 0.3) is 0 Å². The van der Waals surface area contributed by atoms with Crippen LogP contribution in [-0.2, 0) is 0 Å². The number of hydrogen-bond acceptors (Lipinski definition) is 2. The third kappa shape index (κ3) is 2.76. The van der Waals surface area contributed by atoms with Gasteiger partial charge in [0.2, 0.25) is 0 Å². The minimum Gasteiger partial charge on any atom is -0.141 e. The predicted octanol–water partition coefficient (Wildman–Crippen LogP) is 6.89. The average Bonchev–Trinajstić information content (AvgIpc) is 2.81. The number of halogens is 4. The van der Waals surface area contributed by atoms with Crippen LogP contribution >= 0.6 is 69.1 Å². The molecule has 2 aromatic rings. The fraction of sp³-hybridized carbons (Fsp3) is 0. The van der Waals surface area contributed by atoms with Crippen molar-refractivity contribution in [3.63, 3.8) is 0 Å². The fourth-order valence-electron chi connectivity index (χ4n) is 0.967. The Morgan fingerprint density at radius 2 is 1.56 bits per heavy atom. The van der Waals surface area contributed by atoms with Gasteiger partial charge in [-0.25, -0.2) is 0 Å². The molecular formula is C10H6Cl4S2. The van der Waals surface area contributed by atoms with Gasteiger partial charge in [0.15, 0.2) is 0 Å². The Balaban J connectivity index is 0.000000606. The summed E-state index contributed by atoms with van der Waals surface area (Å²) in [6, 6.07) is 1.82. The molecule has 0 nitrogen and oxygen atoms in total. The molecule has 16 heavy (non-hydrogen) atoms. The molecule has 0 aromatic carbocycles. The molecule has 0 aliphatic heterocycles. The van der Waals surface area contributed by atoms with Gasteiger partial charge in [0.05, 0.1) is 24.8 Å². The standard InChI is InChI=1S/C8H2Cl4S2.C2H4/c9-3-1-2-13-6(3)7-4(10)5(11)8(12)14-7;1-2/h1-2H;1-2H2. The highest BCUT2D eigenvalue weighted by Crippen LogP contribution is 2.49. The maximum atomic E-state index is 6.02. The third-order valence-electron chi connectivity index (χ3n) is 1.58. The van der Waals surface area contributed by atoms with Crippen molar-refractivity contribution >= 4 is 69.1 Å². The summed E-state index contributed by atoms with van der Waals surface area (Å²) in [7, 11) is 0. The second-order valence-electron chi connectivity index (χ2n) is 2.43. The third-order valence-corrected chi connectivity index (χ3v) is 5.66. The Kier molecular flexibility index (Phi) is 5.65. The first-order valence-corrected chi connectivity index (χ1v) is 7.18. The summed E-state index contributed by atoms with van der Waals surface area (Å²) in [4.78, 5) is 1.75. The molecule has 0 amide bonds. The van der Waals surface area contributed by atoms with Gasteiger partial charge in [0, 0.05) is 0 Å². The minimum atomic E-state index is 0.401. The van der Waals surface area contributed by atoms with Crippen molar-refractivity contribution in [1.29, 1.82) is 0 Å². The van der Waals surface area contributed by atoms with Crippen LogP contribution < -0.4 is 0 Å². The average molecular weight is 332 g/mol. The summed E-state index contributed by atoms with van der Waals surface area (Å²) in [5.74, 6) is 0. The smallest absolute Gasteiger partial charge is 0.114 e. The first-order valence-electron chi connectivity index (χ1n) is 3.98. The van der Waals surface area contributed by atoms with Gasteiger partial charge in [-0.05, 0) is 11.4 Å². The number of hydrogen-bond donors (Lipinski definition) is 0. The zero-order valence-electron chi connectivity index (χ0n) is 7.90. The molecule has 2 rings (SSSR count). The molecule has 0 saturated carbocycles. The first kappa shape index (κ1) is 14.4. The van der Waals surface area contributed by atoms with Crippen molar-refractivity contribution in [1.82, 2.24) is 0 Å². The second-order valence-corrected chi connectivity index (χ2v) is 6.13. The van der Waals surface area contributed by atoms with Gasteiger partial charge in [0.1, 0.15) is 4.34 Å². The van der Waals surface area contributed by atoms with E-state index in [0.717, 1.165) is 9.75 Å². The van der Waals surface area contributed by atoms with E-state index in [4.69, 9.17) is 46.4 Å². The summed E-state index contributed by atoms with van der Waals surface area (Å²) in [6.45, 7) is 6.00. The fourth-order valence-corrected chi connectivity index (χ4v) is 4.21. The molecule has 0 fully saturated rings. The van der Waals surface area contributed by atoms with Gasteiger partial charge in [-0.2, -0.15) is 0 Å². The van der Waals surface area contributed by atoms with Crippen molar-refractivity contribution in [2.24, 2.45) is 0 Å². The van der Waals surface area contributed by atoms with Crippen LogP contribution in [0.5, 0.6) is 0 Å². The lowest BCUT2D eigenvalue weighted by atomic mass is 10.4. The summed E-state index contributed by atoms with van der Waals surface area (Å²) < 4.78 is 0.496. The van der Waals surface area contributed by atoms with Gasteiger partial charge in [-0.3, -0.25) is 0 Å². The van der Waals surface area contributed by atoms with Crippen LogP contribution in [0.25, 0.3) is 9.75 Å². The van der Waals surface area contributed by atoms with Gasteiger partial charge < -0.3 is 0 Å². The highest BCUT2D eigenvalue weighted by Gasteiger charge is 2.17. The van der Waals surface area contributed by atoms with Crippen LogP contribution in [0.15, 0.2) is 24.6 Å². The van der Waals surface area contributed by atoms with Crippen molar-refractivity contribution in [2.75, 3.05) is 0 Å². The molecule has 6 heteroatoms. The SMILES string of the molecule is C=C.Clc1ccsc1-c1sc(Cl)c(Cl)c1Cl. The molecule has 2 heterocycles. The molecule has 0 bridgehead atoms. The highest BCUT2D eigenvalue weighted by atomic mass is 35.5. The van der Waals surface area contributed by atoms with E-state index in [1.807, 2.05) is 11.4 Å². The van der Waals surface area contributed by atoms with E-state index in [9.17, 15) is 0 Å². The highest BCUT2D eigenvalue weighted by molar-refractivity contribution is 7.25. The molecule has 86 valence electrons.